The number of carbonyl (C=O) groups is 2. The Morgan fingerprint density at radius 1 is 1.35 bits per heavy atom. The van der Waals surface area contributed by atoms with Gasteiger partial charge in [-0.1, -0.05) is 0 Å². The van der Waals surface area contributed by atoms with Crippen LogP contribution < -0.4 is 0 Å². The van der Waals surface area contributed by atoms with Gasteiger partial charge in [0.05, 0.1) is 13.5 Å². The van der Waals surface area contributed by atoms with Crippen LogP contribution in [0.15, 0.2) is 0 Å². The highest BCUT2D eigenvalue weighted by Crippen LogP contribution is 2.29. The zero-order valence-electron chi connectivity index (χ0n) is 11.1. The highest BCUT2D eigenvalue weighted by Gasteiger charge is 2.41. The molecule has 5 heteroatoms. The summed E-state index contributed by atoms with van der Waals surface area (Å²) >= 11 is 0. The van der Waals surface area contributed by atoms with Crippen molar-refractivity contribution in [1.82, 2.24) is 4.90 Å². The molecule has 0 bridgehead atoms. The first-order valence-corrected chi connectivity index (χ1v) is 5.81. The standard InChI is InChI=1S/C12H21NO4/c1-8-9(6-10(14)16-5)7-13(8)11(15)17-12(2,3)4/h8-9H,6-7H2,1-5H3. The third-order valence-electron chi connectivity index (χ3n) is 2.89. The summed E-state index contributed by atoms with van der Waals surface area (Å²) in [5.41, 5.74) is -0.482. The van der Waals surface area contributed by atoms with Gasteiger partial charge in [-0.25, -0.2) is 4.79 Å². The van der Waals surface area contributed by atoms with E-state index in [1.165, 1.54) is 7.11 Å². The quantitative estimate of drug-likeness (QED) is 0.694. The molecular weight excluding hydrogens is 222 g/mol. The van der Waals surface area contributed by atoms with Crippen LogP contribution in [0.2, 0.25) is 0 Å². The molecule has 2 atom stereocenters. The van der Waals surface area contributed by atoms with E-state index in [1.807, 2.05) is 27.7 Å². The number of rotatable bonds is 2. The Labute approximate surface area is 102 Å². The number of esters is 1. The SMILES string of the molecule is COC(=O)CC1CN(C(=O)OC(C)(C)C)C1C. The van der Waals surface area contributed by atoms with E-state index in [0.717, 1.165) is 0 Å². The summed E-state index contributed by atoms with van der Waals surface area (Å²) < 4.78 is 9.87. The van der Waals surface area contributed by atoms with Gasteiger partial charge in [-0.05, 0) is 27.7 Å². The van der Waals surface area contributed by atoms with E-state index in [4.69, 9.17) is 4.74 Å². The summed E-state index contributed by atoms with van der Waals surface area (Å²) in [4.78, 5) is 24.5. The fraction of sp³-hybridized carbons (Fsp3) is 0.833. The van der Waals surface area contributed by atoms with Gasteiger partial charge < -0.3 is 14.4 Å². The van der Waals surface area contributed by atoms with Crippen LogP contribution >= 0.6 is 0 Å². The van der Waals surface area contributed by atoms with E-state index < -0.39 is 5.60 Å². The minimum atomic E-state index is -0.482. The molecule has 0 radical (unpaired) electrons. The van der Waals surface area contributed by atoms with E-state index >= 15 is 0 Å². The zero-order chi connectivity index (χ0) is 13.2. The fourth-order valence-electron chi connectivity index (χ4n) is 1.78. The van der Waals surface area contributed by atoms with Crippen LogP contribution in [0.3, 0.4) is 0 Å². The zero-order valence-corrected chi connectivity index (χ0v) is 11.1. The van der Waals surface area contributed by atoms with Crippen molar-refractivity contribution in [2.45, 2.75) is 45.8 Å². The molecule has 0 aliphatic carbocycles. The summed E-state index contributed by atoms with van der Waals surface area (Å²) in [6, 6.07) is 0.0314. The highest BCUT2D eigenvalue weighted by atomic mass is 16.6. The minimum absolute atomic E-state index is 0.0314. The lowest BCUT2D eigenvalue weighted by Gasteiger charge is -2.45. The van der Waals surface area contributed by atoms with Crippen molar-refractivity contribution in [3.05, 3.63) is 0 Å². The maximum Gasteiger partial charge on any atom is 0.410 e. The van der Waals surface area contributed by atoms with Crippen molar-refractivity contribution < 1.29 is 19.1 Å². The molecule has 0 aromatic heterocycles. The number of methoxy groups -OCH3 is 1. The number of hydrogen-bond donors (Lipinski definition) is 0. The lowest BCUT2D eigenvalue weighted by Crippen LogP contribution is -2.58. The molecule has 1 aliphatic heterocycles. The molecule has 1 saturated heterocycles. The molecular formula is C12H21NO4. The Kier molecular flexibility index (Phi) is 4.01. The second kappa shape index (κ2) is 4.94. The molecule has 0 N–H and O–H groups in total. The molecule has 5 nitrogen and oxygen atoms in total. The largest absolute Gasteiger partial charge is 0.469 e. The van der Waals surface area contributed by atoms with Crippen LogP contribution in [0.1, 0.15) is 34.1 Å². The van der Waals surface area contributed by atoms with Gasteiger partial charge in [0.15, 0.2) is 0 Å². The number of ether oxygens (including phenoxy) is 2. The molecule has 1 rings (SSSR count). The van der Waals surface area contributed by atoms with Crippen molar-refractivity contribution in [2.75, 3.05) is 13.7 Å². The van der Waals surface area contributed by atoms with E-state index in [1.54, 1.807) is 4.90 Å². The number of nitrogens with zero attached hydrogens (tertiary/aromatic N) is 1. The Morgan fingerprint density at radius 2 is 1.94 bits per heavy atom. The second-order valence-electron chi connectivity index (χ2n) is 5.41. The summed E-state index contributed by atoms with van der Waals surface area (Å²) in [5, 5.41) is 0. The predicted molar refractivity (Wildman–Crippen MR) is 62.5 cm³/mol. The molecule has 17 heavy (non-hydrogen) atoms. The Bertz CT molecular complexity index is 308. The monoisotopic (exact) mass is 243 g/mol. The van der Waals surface area contributed by atoms with Gasteiger partial charge in [0.2, 0.25) is 0 Å². The van der Waals surface area contributed by atoms with Gasteiger partial charge in [0.1, 0.15) is 5.60 Å². The molecule has 1 heterocycles. The summed E-state index contributed by atoms with van der Waals surface area (Å²) in [5.74, 6) is -0.0549. The third kappa shape index (κ3) is 3.61. The summed E-state index contributed by atoms with van der Waals surface area (Å²) in [7, 11) is 1.37. The van der Waals surface area contributed by atoms with Gasteiger partial charge in [-0.2, -0.15) is 0 Å². The maximum absolute atomic E-state index is 11.7. The van der Waals surface area contributed by atoms with E-state index in [2.05, 4.69) is 4.74 Å². The van der Waals surface area contributed by atoms with Gasteiger partial charge in [-0.15, -0.1) is 0 Å². The van der Waals surface area contributed by atoms with E-state index in [0.29, 0.717) is 13.0 Å². The topological polar surface area (TPSA) is 55.8 Å². The summed E-state index contributed by atoms with van der Waals surface area (Å²) in [6.07, 6.45) is 0.0443. The van der Waals surface area contributed by atoms with Crippen LogP contribution in [0, 0.1) is 5.92 Å². The van der Waals surface area contributed by atoms with Crippen LogP contribution in [0.5, 0.6) is 0 Å². The van der Waals surface area contributed by atoms with Crippen LogP contribution in [-0.4, -0.2) is 42.3 Å². The Hall–Kier alpha value is -1.26. The molecule has 1 amide bonds. The molecule has 1 fully saturated rings. The lowest BCUT2D eigenvalue weighted by molar-refractivity contribution is -0.144. The smallest absolute Gasteiger partial charge is 0.410 e. The molecule has 0 aromatic rings. The summed E-state index contributed by atoms with van der Waals surface area (Å²) in [6.45, 7) is 7.98. The Balaban J connectivity index is 2.41. The molecule has 1 aliphatic rings. The number of carbonyl (C=O) groups excluding carboxylic acids is 2. The van der Waals surface area contributed by atoms with Crippen LogP contribution in [-0.2, 0) is 14.3 Å². The van der Waals surface area contributed by atoms with Crippen molar-refractivity contribution in [1.29, 1.82) is 0 Å². The lowest BCUT2D eigenvalue weighted by atomic mass is 9.87. The van der Waals surface area contributed by atoms with Crippen molar-refractivity contribution in [2.24, 2.45) is 5.92 Å². The van der Waals surface area contributed by atoms with E-state index in [-0.39, 0.29) is 24.0 Å². The normalized spacial score (nSPS) is 23.9. The molecule has 2 unspecified atom stereocenters. The van der Waals surface area contributed by atoms with E-state index in [9.17, 15) is 9.59 Å². The van der Waals surface area contributed by atoms with Gasteiger partial charge >= 0.3 is 12.1 Å². The molecule has 0 aromatic carbocycles. The second-order valence-corrected chi connectivity index (χ2v) is 5.41. The average Bonchev–Trinajstić information content (AvgIpc) is 2.19. The molecule has 0 saturated carbocycles. The third-order valence-corrected chi connectivity index (χ3v) is 2.89. The predicted octanol–water partition coefficient (Wildman–Crippen LogP) is 1.80. The number of likely N-dealkylation sites (tertiary alicyclic amines) is 1. The first-order valence-electron chi connectivity index (χ1n) is 5.81. The van der Waals surface area contributed by atoms with Crippen molar-refractivity contribution in [3.8, 4) is 0 Å². The molecule has 0 spiro atoms. The van der Waals surface area contributed by atoms with Crippen LogP contribution in [0.4, 0.5) is 4.79 Å². The fourth-order valence-corrected chi connectivity index (χ4v) is 1.78. The Morgan fingerprint density at radius 3 is 2.35 bits per heavy atom. The van der Waals surface area contributed by atoms with Crippen molar-refractivity contribution >= 4 is 12.1 Å². The van der Waals surface area contributed by atoms with Gasteiger partial charge in [0, 0.05) is 18.5 Å². The first-order chi connectivity index (χ1) is 7.74. The minimum Gasteiger partial charge on any atom is -0.469 e. The first kappa shape index (κ1) is 13.8. The average molecular weight is 243 g/mol. The van der Waals surface area contributed by atoms with Gasteiger partial charge in [0.25, 0.3) is 0 Å². The van der Waals surface area contributed by atoms with Crippen molar-refractivity contribution in [3.63, 3.8) is 0 Å². The maximum atomic E-state index is 11.7. The highest BCUT2D eigenvalue weighted by molar-refractivity contribution is 5.72. The number of amides is 1. The molecule has 98 valence electrons. The van der Waals surface area contributed by atoms with Crippen LogP contribution in [0.25, 0.3) is 0 Å². The number of hydrogen-bond acceptors (Lipinski definition) is 4. The van der Waals surface area contributed by atoms with Gasteiger partial charge in [-0.3, -0.25) is 4.79 Å².